The minimum absolute atomic E-state index is 0.235. The van der Waals surface area contributed by atoms with Crippen LogP contribution < -0.4 is 4.74 Å². The van der Waals surface area contributed by atoms with Crippen LogP contribution in [0.4, 0.5) is 0 Å². The topological polar surface area (TPSA) is 39.2 Å². The van der Waals surface area contributed by atoms with E-state index in [1.165, 1.54) is 0 Å². The Morgan fingerprint density at radius 2 is 2.25 bits per heavy atom. The van der Waals surface area contributed by atoms with Gasteiger partial charge >= 0.3 is 0 Å². The number of rotatable bonds is 4. The maximum absolute atomic E-state index is 11.9. The lowest BCUT2D eigenvalue weighted by Crippen LogP contribution is -2.12. The van der Waals surface area contributed by atoms with Crippen LogP contribution in [0.1, 0.15) is 46.4 Å². The van der Waals surface area contributed by atoms with Crippen LogP contribution in [0.15, 0.2) is 23.6 Å². The number of aromatic nitrogens is 1. The smallest absolute Gasteiger partial charge is 0.163 e. The highest BCUT2D eigenvalue weighted by Crippen LogP contribution is 2.30. The van der Waals surface area contributed by atoms with Crippen LogP contribution in [-0.4, -0.2) is 10.8 Å². The quantitative estimate of drug-likeness (QED) is 0.858. The average Bonchev–Trinajstić information content (AvgIpc) is 2.94. The standard InChI is InChI=1S/C16H17NO2S/c1-2-16-17-11(10-20-16)9-19-15-8-4-5-12-13(15)6-3-7-14(12)18/h4-5,8,10H,2-3,6-7,9H2,1H3. The van der Waals surface area contributed by atoms with Gasteiger partial charge in [0.2, 0.25) is 0 Å². The van der Waals surface area contributed by atoms with Crippen LogP contribution in [0, 0.1) is 0 Å². The molecule has 0 radical (unpaired) electrons. The number of fused-ring (bicyclic) bond motifs is 1. The molecule has 0 aliphatic heterocycles. The van der Waals surface area contributed by atoms with Crippen molar-refractivity contribution >= 4 is 17.1 Å². The summed E-state index contributed by atoms with van der Waals surface area (Å²) in [6.07, 6.45) is 3.46. The summed E-state index contributed by atoms with van der Waals surface area (Å²) >= 11 is 1.67. The molecule has 2 aromatic rings. The number of hydrogen-bond donors (Lipinski definition) is 0. The van der Waals surface area contributed by atoms with Gasteiger partial charge in [0.1, 0.15) is 12.4 Å². The lowest BCUT2D eigenvalue weighted by molar-refractivity contribution is 0.0971. The van der Waals surface area contributed by atoms with Crippen molar-refractivity contribution in [2.75, 3.05) is 0 Å². The Hall–Kier alpha value is -1.68. The van der Waals surface area contributed by atoms with Crippen molar-refractivity contribution in [2.24, 2.45) is 0 Å². The number of carbonyl (C=O) groups excluding carboxylic acids is 1. The van der Waals surface area contributed by atoms with Gasteiger partial charge in [0.05, 0.1) is 10.7 Å². The van der Waals surface area contributed by atoms with E-state index in [0.717, 1.165) is 46.8 Å². The van der Waals surface area contributed by atoms with Gasteiger partial charge in [0, 0.05) is 22.9 Å². The molecular formula is C16H17NO2S. The van der Waals surface area contributed by atoms with Crippen molar-refractivity contribution in [1.29, 1.82) is 0 Å². The first-order valence-corrected chi connectivity index (χ1v) is 7.87. The van der Waals surface area contributed by atoms with Gasteiger partial charge in [-0.15, -0.1) is 11.3 Å². The van der Waals surface area contributed by atoms with Crippen LogP contribution in [0.3, 0.4) is 0 Å². The molecule has 1 aliphatic carbocycles. The molecule has 4 heteroatoms. The molecule has 0 unspecified atom stereocenters. The number of thiazole rings is 1. The summed E-state index contributed by atoms with van der Waals surface area (Å²) in [6.45, 7) is 2.57. The van der Waals surface area contributed by atoms with Gasteiger partial charge < -0.3 is 4.74 Å². The zero-order chi connectivity index (χ0) is 13.9. The molecule has 20 heavy (non-hydrogen) atoms. The fourth-order valence-corrected chi connectivity index (χ4v) is 3.24. The molecule has 3 nitrogen and oxygen atoms in total. The van der Waals surface area contributed by atoms with Gasteiger partial charge in [-0.1, -0.05) is 19.1 Å². The molecule has 0 amide bonds. The zero-order valence-corrected chi connectivity index (χ0v) is 12.3. The van der Waals surface area contributed by atoms with Gasteiger partial charge in [0.15, 0.2) is 5.78 Å². The lowest BCUT2D eigenvalue weighted by atomic mass is 9.90. The highest BCUT2D eigenvalue weighted by atomic mass is 32.1. The van der Waals surface area contributed by atoms with E-state index < -0.39 is 0 Å². The Kier molecular flexibility index (Phi) is 3.83. The molecule has 3 rings (SSSR count). The van der Waals surface area contributed by atoms with Gasteiger partial charge in [0.25, 0.3) is 0 Å². The van der Waals surface area contributed by atoms with E-state index in [0.29, 0.717) is 13.0 Å². The molecule has 1 aromatic heterocycles. The van der Waals surface area contributed by atoms with Crippen molar-refractivity contribution in [3.63, 3.8) is 0 Å². The Morgan fingerprint density at radius 1 is 1.35 bits per heavy atom. The predicted molar refractivity (Wildman–Crippen MR) is 79.5 cm³/mol. The highest BCUT2D eigenvalue weighted by molar-refractivity contribution is 7.09. The Bertz CT molecular complexity index is 633. The van der Waals surface area contributed by atoms with E-state index >= 15 is 0 Å². The third-order valence-electron chi connectivity index (χ3n) is 3.54. The first-order valence-electron chi connectivity index (χ1n) is 6.99. The summed E-state index contributed by atoms with van der Waals surface area (Å²) in [7, 11) is 0. The number of benzene rings is 1. The summed E-state index contributed by atoms with van der Waals surface area (Å²) in [5.74, 6) is 1.07. The molecule has 0 saturated carbocycles. The van der Waals surface area contributed by atoms with E-state index in [2.05, 4.69) is 11.9 Å². The molecule has 0 spiro atoms. The van der Waals surface area contributed by atoms with Gasteiger partial charge in [-0.2, -0.15) is 0 Å². The SMILES string of the molecule is CCc1nc(COc2cccc3c2CCCC3=O)cs1. The molecule has 104 valence electrons. The maximum Gasteiger partial charge on any atom is 0.163 e. The summed E-state index contributed by atoms with van der Waals surface area (Å²) in [4.78, 5) is 16.4. The van der Waals surface area contributed by atoms with Crippen LogP contribution in [0.2, 0.25) is 0 Å². The van der Waals surface area contributed by atoms with E-state index in [1.807, 2.05) is 23.6 Å². The molecule has 1 aliphatic rings. The normalized spacial score (nSPS) is 14.2. The number of carbonyl (C=O) groups is 1. The van der Waals surface area contributed by atoms with Gasteiger partial charge in [-0.25, -0.2) is 4.98 Å². The van der Waals surface area contributed by atoms with Crippen molar-refractivity contribution in [3.8, 4) is 5.75 Å². The summed E-state index contributed by atoms with van der Waals surface area (Å²) in [6, 6.07) is 5.75. The first-order chi connectivity index (χ1) is 9.78. The Labute approximate surface area is 122 Å². The van der Waals surface area contributed by atoms with Crippen LogP contribution >= 0.6 is 11.3 Å². The van der Waals surface area contributed by atoms with Crippen molar-refractivity contribution in [2.45, 2.75) is 39.2 Å². The fourth-order valence-electron chi connectivity index (χ4n) is 2.51. The molecular weight excluding hydrogens is 270 g/mol. The third-order valence-corrected chi connectivity index (χ3v) is 4.58. The van der Waals surface area contributed by atoms with Crippen molar-refractivity contribution in [3.05, 3.63) is 45.4 Å². The summed E-state index contributed by atoms with van der Waals surface area (Å²) in [5.41, 5.74) is 2.86. The van der Waals surface area contributed by atoms with Crippen molar-refractivity contribution < 1.29 is 9.53 Å². The monoisotopic (exact) mass is 287 g/mol. The number of Topliss-reactive ketones (excluding diaryl/α,β-unsaturated/α-hetero) is 1. The number of ketones is 1. The first kappa shape index (κ1) is 13.3. The second-order valence-corrected chi connectivity index (χ2v) is 5.88. The molecule has 0 atom stereocenters. The Balaban J connectivity index is 1.77. The van der Waals surface area contributed by atoms with Gasteiger partial charge in [-0.3, -0.25) is 4.79 Å². The van der Waals surface area contributed by atoms with E-state index in [1.54, 1.807) is 11.3 Å². The largest absolute Gasteiger partial charge is 0.487 e. The second kappa shape index (κ2) is 5.75. The number of ether oxygens (including phenoxy) is 1. The van der Waals surface area contributed by atoms with E-state index in [9.17, 15) is 4.79 Å². The Morgan fingerprint density at radius 3 is 3.05 bits per heavy atom. The maximum atomic E-state index is 11.9. The molecule has 1 aromatic carbocycles. The van der Waals surface area contributed by atoms with Crippen LogP contribution in [0.5, 0.6) is 5.75 Å². The van der Waals surface area contributed by atoms with Crippen molar-refractivity contribution in [1.82, 2.24) is 4.98 Å². The lowest BCUT2D eigenvalue weighted by Gasteiger charge is -2.18. The minimum Gasteiger partial charge on any atom is -0.487 e. The number of hydrogen-bond acceptors (Lipinski definition) is 4. The fraction of sp³-hybridized carbons (Fsp3) is 0.375. The minimum atomic E-state index is 0.235. The summed E-state index contributed by atoms with van der Waals surface area (Å²) in [5, 5.41) is 3.17. The third kappa shape index (κ3) is 2.61. The zero-order valence-electron chi connectivity index (χ0n) is 11.5. The number of nitrogens with zero attached hydrogens (tertiary/aromatic N) is 1. The van der Waals surface area contributed by atoms with E-state index in [-0.39, 0.29) is 5.78 Å². The summed E-state index contributed by atoms with van der Waals surface area (Å²) < 4.78 is 5.89. The second-order valence-electron chi connectivity index (χ2n) is 4.93. The number of aryl methyl sites for hydroxylation is 1. The average molecular weight is 287 g/mol. The van der Waals surface area contributed by atoms with E-state index in [4.69, 9.17) is 4.74 Å². The molecule has 0 N–H and O–H groups in total. The van der Waals surface area contributed by atoms with Crippen LogP contribution in [-0.2, 0) is 19.4 Å². The van der Waals surface area contributed by atoms with Gasteiger partial charge in [-0.05, 0) is 25.3 Å². The molecule has 0 fully saturated rings. The predicted octanol–water partition coefficient (Wildman–Crippen LogP) is 3.80. The van der Waals surface area contributed by atoms with Crippen LogP contribution in [0.25, 0.3) is 0 Å². The molecule has 0 bridgehead atoms. The highest BCUT2D eigenvalue weighted by Gasteiger charge is 2.20. The molecule has 1 heterocycles. The molecule has 0 saturated heterocycles.